The number of hydrogen-bond acceptors (Lipinski definition) is 0. The number of fused-ring (bicyclic) bond motifs is 1. The summed E-state index contributed by atoms with van der Waals surface area (Å²) in [6.07, 6.45) is 13.9. The van der Waals surface area contributed by atoms with Crippen LogP contribution in [0.2, 0.25) is 0 Å². The molecule has 0 bridgehead atoms. The third-order valence-electron chi connectivity index (χ3n) is 6.01. The molecule has 0 N–H and O–H groups in total. The van der Waals surface area contributed by atoms with Gasteiger partial charge in [-0.2, -0.15) is 12.1 Å². The molecule has 0 saturated carbocycles. The minimum atomic E-state index is -0.0252. The fraction of sp³-hybridized carbons (Fsp3) is 0.519. The summed E-state index contributed by atoms with van der Waals surface area (Å²) in [5.41, 5.74) is 3.07. The summed E-state index contributed by atoms with van der Waals surface area (Å²) >= 11 is 0. The van der Waals surface area contributed by atoms with Crippen molar-refractivity contribution in [3.8, 4) is 0 Å². The zero-order valence-electron chi connectivity index (χ0n) is 20.1. The summed E-state index contributed by atoms with van der Waals surface area (Å²) in [6, 6.07) is 13.6. The summed E-state index contributed by atoms with van der Waals surface area (Å²) < 4.78 is 0. The van der Waals surface area contributed by atoms with Gasteiger partial charge in [0.1, 0.15) is 0 Å². The van der Waals surface area contributed by atoms with Crippen LogP contribution in [0.15, 0.2) is 54.1 Å². The molecule has 31 heavy (non-hydrogen) atoms. The molecule has 3 unspecified atom stereocenters. The second-order valence-corrected chi connectivity index (χ2v) is 11.3. The van der Waals surface area contributed by atoms with Gasteiger partial charge in [-0.05, 0) is 30.6 Å². The zero-order chi connectivity index (χ0) is 20.5. The predicted octanol–water partition coefficient (Wildman–Crippen LogP) is 2.38. The Morgan fingerprint density at radius 1 is 1.00 bits per heavy atom. The largest absolute Gasteiger partial charge is 4.00 e. The first-order valence-corrected chi connectivity index (χ1v) is 12.7. The van der Waals surface area contributed by atoms with Crippen molar-refractivity contribution in [2.75, 3.05) is 0 Å². The van der Waals surface area contributed by atoms with Crippen LogP contribution in [0.3, 0.4) is 0 Å². The zero-order valence-corrected chi connectivity index (χ0v) is 26.1. The third kappa shape index (κ3) is 9.92. The number of halogens is 2. The molecule has 0 fully saturated rings. The Kier molecular flexibility index (Phi) is 19.0. The van der Waals surface area contributed by atoms with E-state index in [4.69, 9.17) is 0 Å². The smallest absolute Gasteiger partial charge is 1.00 e. The van der Waals surface area contributed by atoms with E-state index in [2.05, 4.69) is 96.2 Å². The van der Waals surface area contributed by atoms with Crippen LogP contribution in [0.5, 0.6) is 0 Å². The molecule has 170 valence electrons. The maximum atomic E-state index is 3.35. The van der Waals surface area contributed by atoms with Crippen LogP contribution in [0.25, 0.3) is 10.8 Å². The molecule has 0 saturated heterocycles. The quantitative estimate of drug-likeness (QED) is 0.236. The van der Waals surface area contributed by atoms with Gasteiger partial charge in [0.05, 0.1) is 0 Å². The summed E-state index contributed by atoms with van der Waals surface area (Å²) in [7, 11) is -0.0252. The molecule has 4 heteroatoms. The van der Waals surface area contributed by atoms with Gasteiger partial charge in [0.25, 0.3) is 0 Å². The first-order valence-electron chi connectivity index (χ1n) is 11.2. The van der Waals surface area contributed by atoms with E-state index in [9.17, 15) is 0 Å². The van der Waals surface area contributed by atoms with Crippen molar-refractivity contribution in [3.63, 3.8) is 0 Å². The SMILES string of the molecule is CCC(C)P(c1cc2ccccc2[cH-]1)C(C)CC.CCCC(C)C1=[C-]CC=C1.[Cl-].[Cl-].[Hf+4]. The van der Waals surface area contributed by atoms with Gasteiger partial charge in [0.2, 0.25) is 0 Å². The average molecular weight is 644 g/mol. The van der Waals surface area contributed by atoms with E-state index in [1.807, 2.05) is 0 Å². The molecule has 0 aromatic heterocycles. The predicted molar refractivity (Wildman–Crippen MR) is 130 cm³/mol. The van der Waals surface area contributed by atoms with Crippen molar-refractivity contribution in [1.29, 1.82) is 0 Å². The maximum absolute atomic E-state index is 3.35. The van der Waals surface area contributed by atoms with E-state index in [0.29, 0.717) is 0 Å². The van der Waals surface area contributed by atoms with E-state index in [0.717, 1.165) is 23.7 Å². The molecule has 1 aliphatic carbocycles. The Hall–Kier alpha value is 0.190. The second-order valence-electron chi connectivity index (χ2n) is 8.19. The monoisotopic (exact) mass is 644 g/mol. The summed E-state index contributed by atoms with van der Waals surface area (Å²) in [4.78, 5) is 0. The van der Waals surface area contributed by atoms with Gasteiger partial charge in [-0.1, -0.05) is 67.9 Å². The number of rotatable bonds is 8. The number of allylic oxidation sites excluding steroid dienone is 4. The molecule has 0 heterocycles. The Bertz CT molecular complexity index is 737. The van der Waals surface area contributed by atoms with Crippen LogP contribution < -0.4 is 30.1 Å². The van der Waals surface area contributed by atoms with E-state index < -0.39 is 0 Å². The fourth-order valence-corrected chi connectivity index (χ4v) is 7.22. The minimum absolute atomic E-state index is 0. The van der Waals surface area contributed by atoms with Crippen molar-refractivity contribution in [2.45, 2.75) is 85.0 Å². The average Bonchev–Trinajstić information content (AvgIpc) is 3.38. The molecule has 0 nitrogen and oxygen atoms in total. The molecule has 2 aromatic carbocycles. The second kappa shape index (κ2) is 17.6. The molecular weight excluding hydrogens is 605 g/mol. The van der Waals surface area contributed by atoms with Crippen LogP contribution in [0.4, 0.5) is 0 Å². The van der Waals surface area contributed by atoms with Crippen LogP contribution in [-0.4, -0.2) is 11.3 Å². The first kappa shape index (κ1) is 33.4. The minimum Gasteiger partial charge on any atom is -1.00 e. The van der Waals surface area contributed by atoms with Gasteiger partial charge >= 0.3 is 25.8 Å². The van der Waals surface area contributed by atoms with E-state index in [-0.39, 0.29) is 58.6 Å². The van der Waals surface area contributed by atoms with Gasteiger partial charge in [-0.3, -0.25) is 6.08 Å². The van der Waals surface area contributed by atoms with Gasteiger partial charge in [0.15, 0.2) is 0 Å². The van der Waals surface area contributed by atoms with Crippen molar-refractivity contribution in [1.82, 2.24) is 0 Å². The van der Waals surface area contributed by atoms with Crippen molar-refractivity contribution in [2.24, 2.45) is 5.92 Å². The molecule has 0 spiro atoms. The maximum Gasteiger partial charge on any atom is 4.00 e. The summed E-state index contributed by atoms with van der Waals surface area (Å²) in [5, 5.41) is 4.42. The van der Waals surface area contributed by atoms with Gasteiger partial charge < -0.3 is 24.8 Å². The first-order chi connectivity index (χ1) is 13.5. The fourth-order valence-electron chi connectivity index (χ4n) is 3.97. The van der Waals surface area contributed by atoms with Gasteiger partial charge in [-0.15, -0.1) is 46.8 Å². The Balaban J connectivity index is 0. The topological polar surface area (TPSA) is 0 Å². The van der Waals surface area contributed by atoms with Crippen LogP contribution in [0.1, 0.15) is 73.6 Å². The van der Waals surface area contributed by atoms with Crippen LogP contribution in [0, 0.1) is 12.0 Å². The summed E-state index contributed by atoms with van der Waals surface area (Å²) in [6.45, 7) is 14.0. The van der Waals surface area contributed by atoms with E-state index >= 15 is 0 Å². The van der Waals surface area contributed by atoms with E-state index in [1.165, 1.54) is 42.0 Å². The molecule has 1 aliphatic rings. The third-order valence-corrected chi connectivity index (χ3v) is 9.49. The van der Waals surface area contributed by atoms with Gasteiger partial charge in [0, 0.05) is 0 Å². The molecular formula is C27H39Cl2HfP. The van der Waals surface area contributed by atoms with Crippen molar-refractivity contribution in [3.05, 3.63) is 60.2 Å². The Morgan fingerprint density at radius 3 is 2.10 bits per heavy atom. The molecule has 2 aromatic rings. The number of hydrogen-bond donors (Lipinski definition) is 0. The molecule has 3 rings (SSSR count). The normalized spacial score (nSPS) is 15.9. The Morgan fingerprint density at radius 2 is 1.61 bits per heavy atom. The Labute approximate surface area is 224 Å². The van der Waals surface area contributed by atoms with Crippen molar-refractivity contribution >= 4 is 24.0 Å². The van der Waals surface area contributed by atoms with E-state index in [1.54, 1.807) is 5.30 Å². The molecule has 0 aliphatic heterocycles. The standard InChI is InChI=1S/C17H24P.C10H15.2ClH.Hf/c1-5-13(3)18(14(4)6-2)17-11-15-9-7-8-10-16(15)12-17;1-3-6-9(2)10-7-4-5-8-10;;;/h7-14H,5-6H2,1-4H3;4,7,9H,3,5-6H2,1-2H3;2*1H;/q2*-1;;;+4/p-2. The van der Waals surface area contributed by atoms with Crippen LogP contribution in [-0.2, 0) is 25.8 Å². The molecule has 3 atom stereocenters. The molecule has 0 amide bonds. The van der Waals surface area contributed by atoms with Crippen molar-refractivity contribution < 1.29 is 50.7 Å². The van der Waals surface area contributed by atoms with Gasteiger partial charge in [-0.25, -0.2) is 11.6 Å². The molecule has 0 radical (unpaired) electrons. The number of benzene rings is 1. The van der Waals surface area contributed by atoms with Crippen LogP contribution >= 0.6 is 7.92 Å². The summed E-state index contributed by atoms with van der Waals surface area (Å²) in [5.74, 6) is 0.726.